The van der Waals surface area contributed by atoms with Gasteiger partial charge in [-0.2, -0.15) is 0 Å². The summed E-state index contributed by atoms with van der Waals surface area (Å²) in [5.41, 5.74) is 0.119. The van der Waals surface area contributed by atoms with Gasteiger partial charge < -0.3 is 18.9 Å². The van der Waals surface area contributed by atoms with Crippen molar-refractivity contribution in [1.82, 2.24) is 0 Å². The molecule has 0 aliphatic heterocycles. The number of nitro benzene ring substituents is 1. The van der Waals surface area contributed by atoms with Gasteiger partial charge in [-0.15, -0.1) is 0 Å². The van der Waals surface area contributed by atoms with Crippen LogP contribution < -0.4 is 18.9 Å². The summed E-state index contributed by atoms with van der Waals surface area (Å²) >= 11 is 0. The lowest BCUT2D eigenvalue weighted by atomic mass is 10.1. The zero-order chi connectivity index (χ0) is 18.4. The number of hydrogen-bond donors (Lipinski definition) is 0. The van der Waals surface area contributed by atoms with Crippen LogP contribution >= 0.6 is 0 Å². The quantitative estimate of drug-likeness (QED) is 0.411. The molecule has 8 heteroatoms. The van der Waals surface area contributed by atoms with Crippen molar-refractivity contribution >= 4 is 11.5 Å². The lowest BCUT2D eigenvalue weighted by molar-refractivity contribution is -0.385. The van der Waals surface area contributed by atoms with Crippen LogP contribution in [0.15, 0.2) is 36.4 Å². The molecule has 2 aromatic carbocycles. The smallest absolute Gasteiger partial charge is 0.273 e. The number of hydrogen-bond acceptors (Lipinski definition) is 7. The summed E-state index contributed by atoms with van der Waals surface area (Å²) in [6, 6.07) is 8.72. The van der Waals surface area contributed by atoms with E-state index in [4.69, 9.17) is 18.9 Å². The van der Waals surface area contributed by atoms with E-state index in [1.165, 1.54) is 45.6 Å². The van der Waals surface area contributed by atoms with Crippen LogP contribution in [0.2, 0.25) is 0 Å². The van der Waals surface area contributed by atoms with E-state index in [0.717, 1.165) is 0 Å². The molecular weight excluding hydrogens is 330 g/mol. The zero-order valence-electron chi connectivity index (χ0n) is 14.0. The monoisotopic (exact) mass is 347 g/mol. The van der Waals surface area contributed by atoms with Gasteiger partial charge in [-0.1, -0.05) is 0 Å². The van der Waals surface area contributed by atoms with Crippen LogP contribution in [0.3, 0.4) is 0 Å². The van der Waals surface area contributed by atoms with Crippen LogP contribution in [-0.2, 0) is 0 Å². The third-order valence-corrected chi connectivity index (χ3v) is 3.42. The number of ether oxygens (including phenoxy) is 4. The molecule has 0 N–H and O–H groups in total. The van der Waals surface area contributed by atoms with E-state index in [9.17, 15) is 14.9 Å². The molecular formula is C17H17NO7. The molecule has 0 saturated carbocycles. The van der Waals surface area contributed by atoms with Gasteiger partial charge in [0.1, 0.15) is 11.5 Å². The highest BCUT2D eigenvalue weighted by atomic mass is 16.6. The first kappa shape index (κ1) is 18.1. The molecule has 0 fully saturated rings. The summed E-state index contributed by atoms with van der Waals surface area (Å²) in [6.45, 7) is -0.346. The summed E-state index contributed by atoms with van der Waals surface area (Å²) in [5, 5.41) is 10.9. The largest absolute Gasteiger partial charge is 0.497 e. The maximum Gasteiger partial charge on any atom is 0.273 e. The van der Waals surface area contributed by atoms with Gasteiger partial charge in [0.15, 0.2) is 18.1 Å². The van der Waals surface area contributed by atoms with E-state index >= 15 is 0 Å². The van der Waals surface area contributed by atoms with E-state index in [1.807, 2.05) is 0 Å². The number of benzene rings is 2. The molecule has 0 atom stereocenters. The van der Waals surface area contributed by atoms with Gasteiger partial charge in [-0.25, -0.2) is 0 Å². The summed E-state index contributed by atoms with van der Waals surface area (Å²) in [7, 11) is 4.34. The van der Waals surface area contributed by atoms with Crippen molar-refractivity contribution < 1.29 is 28.7 Å². The van der Waals surface area contributed by atoms with Crippen molar-refractivity contribution in [3.8, 4) is 23.0 Å². The van der Waals surface area contributed by atoms with Gasteiger partial charge in [-0.05, 0) is 24.3 Å². The van der Waals surface area contributed by atoms with E-state index in [1.54, 1.807) is 12.1 Å². The molecule has 25 heavy (non-hydrogen) atoms. The van der Waals surface area contributed by atoms with Crippen LogP contribution in [0, 0.1) is 10.1 Å². The molecule has 0 aliphatic carbocycles. The Morgan fingerprint density at radius 2 is 1.64 bits per heavy atom. The molecule has 132 valence electrons. The zero-order valence-corrected chi connectivity index (χ0v) is 14.0. The number of ketones is 1. The van der Waals surface area contributed by atoms with Gasteiger partial charge in [-0.3, -0.25) is 14.9 Å². The second-order valence-corrected chi connectivity index (χ2v) is 4.87. The molecule has 0 heterocycles. The minimum atomic E-state index is -0.556. The fraction of sp³-hybridized carbons (Fsp3) is 0.235. The maximum atomic E-state index is 12.4. The predicted octanol–water partition coefficient (Wildman–Crippen LogP) is 2.88. The Labute approximate surface area is 144 Å². The van der Waals surface area contributed by atoms with E-state index < -0.39 is 4.92 Å². The molecule has 0 saturated heterocycles. The molecule has 2 aromatic rings. The summed E-state index contributed by atoms with van der Waals surface area (Å²) in [4.78, 5) is 22.8. The number of rotatable bonds is 8. The van der Waals surface area contributed by atoms with Crippen molar-refractivity contribution in [3.63, 3.8) is 0 Å². The number of carbonyl (C=O) groups is 1. The van der Waals surface area contributed by atoms with Crippen molar-refractivity contribution in [2.24, 2.45) is 0 Å². The highest BCUT2D eigenvalue weighted by Gasteiger charge is 2.17. The van der Waals surface area contributed by atoms with Crippen molar-refractivity contribution in [1.29, 1.82) is 0 Å². The van der Waals surface area contributed by atoms with Gasteiger partial charge in [0.05, 0.1) is 37.9 Å². The van der Waals surface area contributed by atoms with Gasteiger partial charge in [0.25, 0.3) is 5.69 Å². The molecule has 2 rings (SSSR count). The third-order valence-electron chi connectivity index (χ3n) is 3.42. The van der Waals surface area contributed by atoms with E-state index in [-0.39, 0.29) is 35.1 Å². The number of nitro groups is 1. The topological polar surface area (TPSA) is 97.1 Å². The minimum absolute atomic E-state index is 0.104. The van der Waals surface area contributed by atoms with Crippen LogP contribution in [-0.4, -0.2) is 38.6 Å². The Morgan fingerprint density at radius 3 is 2.24 bits per heavy atom. The van der Waals surface area contributed by atoms with Crippen LogP contribution in [0.4, 0.5) is 5.69 Å². The minimum Gasteiger partial charge on any atom is -0.497 e. The number of non-ortho nitro benzene ring substituents is 1. The van der Waals surface area contributed by atoms with Crippen molar-refractivity contribution in [2.75, 3.05) is 27.9 Å². The maximum absolute atomic E-state index is 12.4. The SMILES string of the molecule is COc1ccc(OC)c(C(=O)COc2cc([N+](=O)[O-])ccc2OC)c1. The molecule has 0 unspecified atom stereocenters. The normalized spacial score (nSPS) is 10.0. The summed E-state index contributed by atoms with van der Waals surface area (Å²) < 4.78 is 20.8. The Kier molecular flexibility index (Phi) is 5.78. The molecule has 0 aliphatic rings. The highest BCUT2D eigenvalue weighted by molar-refractivity contribution is 6.00. The van der Waals surface area contributed by atoms with Crippen molar-refractivity contribution in [2.45, 2.75) is 0 Å². The van der Waals surface area contributed by atoms with Crippen LogP contribution in [0.1, 0.15) is 10.4 Å². The highest BCUT2D eigenvalue weighted by Crippen LogP contribution is 2.31. The molecule has 0 amide bonds. The van der Waals surface area contributed by atoms with Gasteiger partial charge in [0.2, 0.25) is 5.78 Å². The second-order valence-electron chi connectivity index (χ2n) is 4.87. The Hall–Kier alpha value is -3.29. The Balaban J connectivity index is 2.22. The van der Waals surface area contributed by atoms with Crippen LogP contribution in [0.25, 0.3) is 0 Å². The summed E-state index contributed by atoms with van der Waals surface area (Å²) in [5.74, 6) is 0.893. The molecule has 0 aromatic heterocycles. The first-order valence-corrected chi connectivity index (χ1v) is 7.20. The Bertz CT molecular complexity index is 789. The number of Topliss-reactive ketones (excluding diaryl/α,β-unsaturated/α-hetero) is 1. The number of methoxy groups -OCH3 is 3. The average Bonchev–Trinajstić information content (AvgIpc) is 2.65. The van der Waals surface area contributed by atoms with Gasteiger partial charge in [0, 0.05) is 6.07 Å². The first-order valence-electron chi connectivity index (χ1n) is 7.20. The number of nitrogens with zero attached hydrogens (tertiary/aromatic N) is 1. The molecule has 0 bridgehead atoms. The van der Waals surface area contributed by atoms with Crippen LogP contribution in [0.5, 0.6) is 23.0 Å². The average molecular weight is 347 g/mol. The molecule has 0 radical (unpaired) electrons. The molecule has 8 nitrogen and oxygen atoms in total. The standard InChI is InChI=1S/C17H17NO7/c1-22-12-5-7-15(23-2)13(9-12)14(19)10-25-17-8-11(18(20)21)4-6-16(17)24-3/h4-9H,10H2,1-3H3. The Morgan fingerprint density at radius 1 is 0.960 bits per heavy atom. The lowest BCUT2D eigenvalue weighted by Crippen LogP contribution is -2.13. The van der Waals surface area contributed by atoms with Gasteiger partial charge >= 0.3 is 0 Å². The third kappa shape index (κ3) is 4.17. The summed E-state index contributed by atoms with van der Waals surface area (Å²) in [6.07, 6.45) is 0. The predicted molar refractivity (Wildman–Crippen MR) is 89.0 cm³/mol. The number of carbonyl (C=O) groups excluding carboxylic acids is 1. The fourth-order valence-corrected chi connectivity index (χ4v) is 2.14. The molecule has 0 spiro atoms. The fourth-order valence-electron chi connectivity index (χ4n) is 2.14. The van der Waals surface area contributed by atoms with E-state index in [0.29, 0.717) is 11.5 Å². The van der Waals surface area contributed by atoms with E-state index in [2.05, 4.69) is 0 Å². The van der Waals surface area contributed by atoms with Crippen molar-refractivity contribution in [3.05, 3.63) is 52.1 Å². The lowest BCUT2D eigenvalue weighted by Gasteiger charge is -2.12. The second kappa shape index (κ2) is 8.00. The first-order chi connectivity index (χ1) is 12.0.